The quantitative estimate of drug-likeness (QED) is 0.167. The van der Waals surface area contributed by atoms with Crippen LogP contribution in [-0.4, -0.2) is 81.9 Å². The molecular weight excluding hydrogens is 420 g/mol. The van der Waals surface area contributed by atoms with Crippen LogP contribution in [0.1, 0.15) is 27.2 Å². The molecule has 0 fully saturated rings. The van der Waals surface area contributed by atoms with Gasteiger partial charge in [-0.25, -0.2) is 4.79 Å². The van der Waals surface area contributed by atoms with Crippen molar-refractivity contribution in [2.45, 2.75) is 57.5 Å². The lowest BCUT2D eigenvalue weighted by molar-refractivity contribution is -0.145. The first kappa shape index (κ1) is 27.5. The highest BCUT2D eigenvalue weighted by molar-refractivity contribution is 7.98. The van der Waals surface area contributed by atoms with E-state index in [-0.39, 0.29) is 18.1 Å². The van der Waals surface area contributed by atoms with E-state index in [1.165, 1.54) is 18.7 Å². The molecule has 0 saturated heterocycles. The summed E-state index contributed by atoms with van der Waals surface area (Å²) >= 11 is 5.51. The zero-order valence-corrected chi connectivity index (χ0v) is 18.8. The zero-order valence-electron chi connectivity index (χ0n) is 17.0. The van der Waals surface area contributed by atoms with Gasteiger partial charge in [-0.3, -0.25) is 14.4 Å². The fourth-order valence-corrected chi connectivity index (χ4v) is 2.91. The topological polar surface area (TPSA) is 171 Å². The number of thioether (sulfide) groups is 1. The van der Waals surface area contributed by atoms with Gasteiger partial charge in [0.2, 0.25) is 17.7 Å². The molecule has 3 amide bonds. The first-order valence-electron chi connectivity index (χ1n) is 9.13. The maximum Gasteiger partial charge on any atom is 0.328 e. The highest BCUT2D eigenvalue weighted by atomic mass is 32.2. The van der Waals surface area contributed by atoms with E-state index in [1.54, 1.807) is 13.8 Å². The molecule has 0 saturated carbocycles. The average Bonchev–Trinajstić information content (AvgIpc) is 2.65. The molecule has 0 aliphatic rings. The van der Waals surface area contributed by atoms with Gasteiger partial charge in [0.15, 0.2) is 6.04 Å². The van der Waals surface area contributed by atoms with Crippen LogP contribution in [0.3, 0.4) is 0 Å². The van der Waals surface area contributed by atoms with Gasteiger partial charge >= 0.3 is 5.97 Å². The van der Waals surface area contributed by atoms with Crippen molar-refractivity contribution in [3.8, 4) is 0 Å². The van der Waals surface area contributed by atoms with Crippen molar-refractivity contribution in [2.24, 2.45) is 11.7 Å². The largest absolute Gasteiger partial charge is 0.480 e. The molecule has 5 unspecified atom stereocenters. The molecular formula is C17H32N4O6S2. The number of carboxylic acids is 1. The van der Waals surface area contributed by atoms with Crippen molar-refractivity contribution < 1.29 is 29.4 Å². The Morgan fingerprint density at radius 3 is 1.93 bits per heavy atom. The number of nitrogens with one attached hydrogen (secondary N) is 3. The Kier molecular flexibility index (Phi) is 13.0. The second-order valence-corrected chi connectivity index (χ2v) is 8.27. The van der Waals surface area contributed by atoms with Crippen LogP contribution < -0.4 is 21.7 Å². The van der Waals surface area contributed by atoms with Gasteiger partial charge in [-0.2, -0.15) is 24.4 Å². The highest BCUT2D eigenvalue weighted by Crippen LogP contribution is 2.05. The smallest absolute Gasteiger partial charge is 0.328 e. The molecule has 0 aliphatic heterocycles. The number of aliphatic hydroxyl groups excluding tert-OH is 1. The number of aliphatic carboxylic acids is 1. The van der Waals surface area contributed by atoms with E-state index in [0.29, 0.717) is 5.75 Å². The summed E-state index contributed by atoms with van der Waals surface area (Å²) in [5, 5.41) is 25.9. The molecule has 0 aliphatic carbocycles. The van der Waals surface area contributed by atoms with Crippen molar-refractivity contribution in [3.05, 3.63) is 0 Å². The molecule has 0 spiro atoms. The number of carbonyl (C=O) groups is 4. The minimum Gasteiger partial charge on any atom is -0.480 e. The van der Waals surface area contributed by atoms with E-state index in [1.807, 2.05) is 6.26 Å². The van der Waals surface area contributed by atoms with Crippen LogP contribution in [0.5, 0.6) is 0 Å². The molecule has 0 aromatic rings. The van der Waals surface area contributed by atoms with Gasteiger partial charge in [0.25, 0.3) is 0 Å². The number of carboxylic acid groups (broad SMARTS) is 1. The van der Waals surface area contributed by atoms with E-state index >= 15 is 0 Å². The Bertz CT molecular complexity index is 576. The van der Waals surface area contributed by atoms with Crippen LogP contribution in [0, 0.1) is 5.92 Å². The first-order chi connectivity index (χ1) is 13.5. The SMILES string of the molecule is CSCCC(NC(=O)C(CS)NC(=O)C(N)C(C)C)C(=O)NC(C(=O)O)C(C)O. The molecule has 12 heteroatoms. The molecule has 0 heterocycles. The summed E-state index contributed by atoms with van der Waals surface area (Å²) in [6.07, 6.45) is 0.718. The summed E-state index contributed by atoms with van der Waals surface area (Å²) in [6.45, 7) is 4.77. The molecule has 5 atom stereocenters. The van der Waals surface area contributed by atoms with Crippen molar-refractivity contribution in [3.63, 3.8) is 0 Å². The van der Waals surface area contributed by atoms with E-state index in [9.17, 15) is 24.3 Å². The number of carbonyl (C=O) groups excluding carboxylic acids is 3. The van der Waals surface area contributed by atoms with Crippen LogP contribution in [0.15, 0.2) is 0 Å². The van der Waals surface area contributed by atoms with E-state index in [4.69, 9.17) is 10.8 Å². The van der Waals surface area contributed by atoms with Crippen molar-refractivity contribution in [1.82, 2.24) is 16.0 Å². The summed E-state index contributed by atoms with van der Waals surface area (Å²) in [7, 11) is 0. The van der Waals surface area contributed by atoms with Crippen LogP contribution >= 0.6 is 24.4 Å². The van der Waals surface area contributed by atoms with E-state index in [0.717, 1.165) is 0 Å². The van der Waals surface area contributed by atoms with Crippen molar-refractivity contribution in [1.29, 1.82) is 0 Å². The third-order valence-electron chi connectivity index (χ3n) is 4.13. The van der Waals surface area contributed by atoms with Gasteiger partial charge in [0.1, 0.15) is 12.1 Å². The number of aliphatic hydroxyl groups is 1. The number of rotatable bonds is 13. The predicted octanol–water partition coefficient (Wildman–Crippen LogP) is -1.43. The third kappa shape index (κ3) is 9.70. The Morgan fingerprint density at radius 1 is 1.00 bits per heavy atom. The summed E-state index contributed by atoms with van der Waals surface area (Å²) in [6, 6.07) is -4.38. The molecule has 0 radical (unpaired) electrons. The van der Waals surface area contributed by atoms with Gasteiger partial charge in [-0.15, -0.1) is 0 Å². The molecule has 7 N–H and O–H groups in total. The van der Waals surface area contributed by atoms with Gasteiger partial charge in [0.05, 0.1) is 12.1 Å². The minimum atomic E-state index is -1.51. The van der Waals surface area contributed by atoms with E-state index in [2.05, 4.69) is 28.6 Å². The summed E-state index contributed by atoms with van der Waals surface area (Å²) in [5.41, 5.74) is 5.77. The fraction of sp³-hybridized carbons (Fsp3) is 0.765. The molecule has 0 aromatic carbocycles. The van der Waals surface area contributed by atoms with E-state index < -0.39 is 54.0 Å². The van der Waals surface area contributed by atoms with Gasteiger partial charge in [-0.05, 0) is 31.3 Å². The van der Waals surface area contributed by atoms with Crippen LogP contribution in [0.2, 0.25) is 0 Å². The van der Waals surface area contributed by atoms with Gasteiger partial charge in [-0.1, -0.05) is 13.8 Å². The van der Waals surface area contributed by atoms with Crippen molar-refractivity contribution >= 4 is 48.1 Å². The lowest BCUT2D eigenvalue weighted by Crippen LogP contribution is -2.59. The summed E-state index contributed by atoms with van der Waals surface area (Å²) < 4.78 is 0. The molecule has 29 heavy (non-hydrogen) atoms. The number of thiol groups is 1. The van der Waals surface area contributed by atoms with Crippen molar-refractivity contribution in [2.75, 3.05) is 17.8 Å². The third-order valence-corrected chi connectivity index (χ3v) is 5.14. The van der Waals surface area contributed by atoms with Gasteiger partial charge in [0, 0.05) is 5.75 Å². The van der Waals surface area contributed by atoms with Crippen LogP contribution in [-0.2, 0) is 19.2 Å². The van der Waals surface area contributed by atoms with Crippen LogP contribution in [0.25, 0.3) is 0 Å². The van der Waals surface area contributed by atoms with Crippen LogP contribution in [0.4, 0.5) is 0 Å². The molecule has 168 valence electrons. The standard InChI is InChI=1S/C17H32N4O6S2/c1-8(2)12(18)16(25)20-11(7-28)15(24)19-10(5-6-29-4)14(23)21-13(9(3)22)17(26)27/h8-13,22,28H,5-7,18H2,1-4H3,(H,19,24)(H,20,25)(H,21,23)(H,26,27). The maximum atomic E-state index is 12.6. The molecule has 0 rings (SSSR count). The number of hydrogen-bond donors (Lipinski definition) is 7. The lowest BCUT2D eigenvalue weighted by atomic mass is 10.0. The Labute approximate surface area is 180 Å². The fourth-order valence-electron chi connectivity index (χ4n) is 2.18. The minimum absolute atomic E-state index is 0.0231. The first-order valence-corrected chi connectivity index (χ1v) is 11.2. The summed E-state index contributed by atoms with van der Waals surface area (Å²) in [4.78, 5) is 48.4. The predicted molar refractivity (Wildman–Crippen MR) is 115 cm³/mol. The zero-order chi connectivity index (χ0) is 22.7. The highest BCUT2D eigenvalue weighted by Gasteiger charge is 2.31. The second-order valence-electron chi connectivity index (χ2n) is 6.92. The monoisotopic (exact) mass is 452 g/mol. The number of nitrogens with two attached hydrogens (primary N) is 1. The Morgan fingerprint density at radius 2 is 1.52 bits per heavy atom. The Balaban J connectivity index is 5.22. The Hall–Kier alpha value is -1.50. The molecule has 0 aromatic heterocycles. The molecule has 10 nitrogen and oxygen atoms in total. The molecule has 0 bridgehead atoms. The number of amides is 3. The van der Waals surface area contributed by atoms with Gasteiger partial charge < -0.3 is 31.9 Å². The number of hydrogen-bond acceptors (Lipinski definition) is 8. The maximum absolute atomic E-state index is 12.6. The lowest BCUT2D eigenvalue weighted by Gasteiger charge is -2.25. The summed E-state index contributed by atoms with van der Waals surface area (Å²) in [5.74, 6) is -2.94. The normalized spacial score (nSPS) is 16.3. The second kappa shape index (κ2) is 13.7. The average molecular weight is 453 g/mol.